The van der Waals surface area contributed by atoms with E-state index in [1.54, 1.807) is 28.9 Å². The Balaban J connectivity index is 1.58. The molecule has 0 bridgehead atoms. The number of aromatic nitrogens is 7. The second-order valence-corrected chi connectivity index (χ2v) is 5.36. The van der Waals surface area contributed by atoms with Gasteiger partial charge >= 0.3 is 5.97 Å². The van der Waals surface area contributed by atoms with Crippen molar-refractivity contribution in [3.05, 3.63) is 40.4 Å². The third-order valence-electron chi connectivity index (χ3n) is 3.56. The lowest BCUT2D eigenvalue weighted by Crippen LogP contribution is -2.25. The van der Waals surface area contributed by atoms with Gasteiger partial charge in [-0.3, -0.25) is 9.59 Å². The Labute approximate surface area is 142 Å². The maximum atomic E-state index is 12.3. The topological polar surface area (TPSA) is 118 Å². The molecular weight excluding hydrogens is 326 g/mol. The number of carbonyl (C=O) groups excluding carboxylic acids is 1. The Morgan fingerprint density at radius 2 is 1.96 bits per heavy atom. The lowest BCUT2D eigenvalue weighted by atomic mass is 10.2. The first-order valence-corrected chi connectivity index (χ1v) is 7.92. The van der Waals surface area contributed by atoms with Crippen LogP contribution in [0.15, 0.2) is 29.1 Å². The fourth-order valence-corrected chi connectivity index (χ4v) is 2.30. The fourth-order valence-electron chi connectivity index (χ4n) is 2.30. The van der Waals surface area contributed by atoms with E-state index in [1.165, 1.54) is 0 Å². The number of esters is 1. The van der Waals surface area contributed by atoms with Crippen LogP contribution in [-0.2, 0) is 29.2 Å². The van der Waals surface area contributed by atoms with Crippen molar-refractivity contribution in [3.63, 3.8) is 0 Å². The number of aryl methyl sites for hydroxylation is 2. The van der Waals surface area contributed by atoms with Crippen molar-refractivity contribution in [1.29, 1.82) is 0 Å². The Hall–Kier alpha value is -3.17. The van der Waals surface area contributed by atoms with Crippen molar-refractivity contribution in [1.82, 2.24) is 35.2 Å². The molecule has 1 aromatic carbocycles. The highest BCUT2D eigenvalue weighted by Crippen LogP contribution is 2.04. The van der Waals surface area contributed by atoms with Gasteiger partial charge in [-0.05, 0) is 29.0 Å². The van der Waals surface area contributed by atoms with E-state index in [1.807, 2.05) is 6.92 Å². The molecule has 0 saturated heterocycles. The van der Waals surface area contributed by atoms with Gasteiger partial charge in [-0.15, -0.1) is 10.2 Å². The molecule has 3 aromatic rings. The van der Waals surface area contributed by atoms with Crippen LogP contribution >= 0.6 is 0 Å². The number of hydrogen-bond donors (Lipinski definition) is 0. The maximum Gasteiger partial charge on any atom is 0.308 e. The monoisotopic (exact) mass is 343 g/mol. The Kier molecular flexibility index (Phi) is 5.07. The molecule has 10 nitrogen and oxygen atoms in total. The van der Waals surface area contributed by atoms with Gasteiger partial charge in [-0.25, -0.2) is 9.36 Å². The minimum Gasteiger partial charge on any atom is -0.457 e. The summed E-state index contributed by atoms with van der Waals surface area (Å²) in [5, 5.41) is 19.5. The van der Waals surface area contributed by atoms with E-state index in [-0.39, 0.29) is 25.1 Å². The van der Waals surface area contributed by atoms with E-state index in [0.717, 1.165) is 11.1 Å². The first-order chi connectivity index (χ1) is 12.2. The SMILES string of the molecule is CCCn1nnnc1COC(=O)CCn1nnc2ccccc2c1=O. The number of benzene rings is 1. The van der Waals surface area contributed by atoms with E-state index >= 15 is 0 Å². The van der Waals surface area contributed by atoms with E-state index in [2.05, 4.69) is 25.8 Å². The number of nitrogens with zero attached hydrogens (tertiary/aromatic N) is 7. The number of tetrazole rings is 1. The first kappa shape index (κ1) is 16.7. The second-order valence-electron chi connectivity index (χ2n) is 5.36. The van der Waals surface area contributed by atoms with Gasteiger partial charge in [0.2, 0.25) is 0 Å². The van der Waals surface area contributed by atoms with Gasteiger partial charge in [0.25, 0.3) is 5.56 Å². The Morgan fingerprint density at radius 1 is 1.12 bits per heavy atom. The van der Waals surface area contributed by atoms with Gasteiger partial charge in [0.05, 0.1) is 18.4 Å². The molecule has 0 aliphatic heterocycles. The van der Waals surface area contributed by atoms with Crippen LogP contribution in [0.2, 0.25) is 0 Å². The van der Waals surface area contributed by atoms with Crippen LogP contribution in [0.1, 0.15) is 25.6 Å². The van der Waals surface area contributed by atoms with Crippen LogP contribution in [0.4, 0.5) is 0 Å². The lowest BCUT2D eigenvalue weighted by molar-refractivity contribution is -0.145. The lowest BCUT2D eigenvalue weighted by Gasteiger charge is -2.06. The molecule has 0 amide bonds. The van der Waals surface area contributed by atoms with Crippen molar-refractivity contribution in [2.45, 2.75) is 39.5 Å². The third kappa shape index (κ3) is 3.84. The van der Waals surface area contributed by atoms with Crippen LogP contribution in [0.5, 0.6) is 0 Å². The van der Waals surface area contributed by atoms with E-state index in [9.17, 15) is 9.59 Å². The molecule has 2 aromatic heterocycles. The summed E-state index contributed by atoms with van der Waals surface area (Å²) in [6.07, 6.45) is 0.873. The molecule has 0 aliphatic carbocycles. The standard InChI is InChI=1S/C15H17N7O3/c1-2-8-21-13(17-18-20-21)10-25-14(23)7-9-22-15(24)11-5-3-4-6-12(11)16-19-22/h3-6H,2,7-10H2,1H3. The van der Waals surface area contributed by atoms with Crippen LogP contribution in [-0.4, -0.2) is 41.2 Å². The largest absolute Gasteiger partial charge is 0.457 e. The Bertz CT molecular complexity index is 934. The van der Waals surface area contributed by atoms with Crippen molar-refractivity contribution < 1.29 is 9.53 Å². The molecular formula is C15H17N7O3. The summed E-state index contributed by atoms with van der Waals surface area (Å²) < 4.78 is 7.90. The maximum absolute atomic E-state index is 12.3. The molecule has 0 atom stereocenters. The summed E-state index contributed by atoms with van der Waals surface area (Å²) in [5.74, 6) is 0.0192. The normalized spacial score (nSPS) is 10.9. The first-order valence-electron chi connectivity index (χ1n) is 7.92. The minimum absolute atomic E-state index is 0.00225. The average Bonchev–Trinajstić information content (AvgIpc) is 3.07. The molecule has 0 saturated carbocycles. The summed E-state index contributed by atoms with van der Waals surface area (Å²) in [6, 6.07) is 6.92. The number of ether oxygens (including phenoxy) is 1. The molecule has 0 spiro atoms. The smallest absolute Gasteiger partial charge is 0.308 e. The van der Waals surface area contributed by atoms with Crippen molar-refractivity contribution in [2.24, 2.45) is 0 Å². The van der Waals surface area contributed by atoms with Crippen LogP contribution in [0.25, 0.3) is 10.9 Å². The fraction of sp³-hybridized carbons (Fsp3) is 0.400. The number of carbonyl (C=O) groups is 1. The molecule has 0 N–H and O–H groups in total. The molecule has 2 heterocycles. The van der Waals surface area contributed by atoms with Crippen molar-refractivity contribution in [3.8, 4) is 0 Å². The highest BCUT2D eigenvalue weighted by atomic mass is 16.5. The number of rotatable bonds is 7. The average molecular weight is 343 g/mol. The summed E-state index contributed by atoms with van der Waals surface area (Å²) in [6.45, 7) is 2.74. The van der Waals surface area contributed by atoms with Gasteiger partial charge in [-0.1, -0.05) is 24.3 Å². The van der Waals surface area contributed by atoms with Crippen molar-refractivity contribution in [2.75, 3.05) is 0 Å². The zero-order valence-electron chi connectivity index (χ0n) is 13.7. The molecule has 0 aliphatic rings. The minimum atomic E-state index is -0.465. The summed E-state index contributed by atoms with van der Waals surface area (Å²) in [7, 11) is 0. The van der Waals surface area contributed by atoms with Gasteiger partial charge in [0.15, 0.2) is 12.4 Å². The van der Waals surface area contributed by atoms with E-state index in [0.29, 0.717) is 23.3 Å². The van der Waals surface area contributed by atoms with Crippen molar-refractivity contribution >= 4 is 16.9 Å². The van der Waals surface area contributed by atoms with E-state index < -0.39 is 5.97 Å². The van der Waals surface area contributed by atoms with Gasteiger partial charge in [-0.2, -0.15) is 0 Å². The highest BCUT2D eigenvalue weighted by molar-refractivity contribution is 5.76. The predicted molar refractivity (Wildman–Crippen MR) is 86.3 cm³/mol. The Morgan fingerprint density at radius 3 is 2.80 bits per heavy atom. The van der Waals surface area contributed by atoms with Gasteiger partial charge in [0, 0.05) is 6.54 Å². The van der Waals surface area contributed by atoms with Crippen LogP contribution in [0, 0.1) is 0 Å². The number of hydrogen-bond acceptors (Lipinski definition) is 8. The summed E-state index contributed by atoms with van der Waals surface area (Å²) in [4.78, 5) is 24.2. The number of fused-ring (bicyclic) bond motifs is 1. The zero-order valence-corrected chi connectivity index (χ0v) is 13.7. The van der Waals surface area contributed by atoms with E-state index in [4.69, 9.17) is 4.74 Å². The molecule has 10 heteroatoms. The third-order valence-corrected chi connectivity index (χ3v) is 3.56. The van der Waals surface area contributed by atoms with Crippen LogP contribution < -0.4 is 5.56 Å². The van der Waals surface area contributed by atoms with Gasteiger partial charge < -0.3 is 4.74 Å². The molecule has 130 valence electrons. The summed E-state index contributed by atoms with van der Waals surface area (Å²) >= 11 is 0. The molecule has 0 unspecified atom stereocenters. The highest BCUT2D eigenvalue weighted by Gasteiger charge is 2.11. The zero-order chi connectivity index (χ0) is 17.6. The molecule has 0 radical (unpaired) electrons. The summed E-state index contributed by atoms with van der Waals surface area (Å²) in [5.41, 5.74) is 0.236. The molecule has 25 heavy (non-hydrogen) atoms. The second kappa shape index (κ2) is 7.60. The van der Waals surface area contributed by atoms with Crippen LogP contribution in [0.3, 0.4) is 0 Å². The molecule has 3 rings (SSSR count). The quantitative estimate of drug-likeness (QED) is 0.563. The van der Waals surface area contributed by atoms with Gasteiger partial charge in [0.1, 0.15) is 5.52 Å². The predicted octanol–water partition coefficient (Wildman–Crippen LogP) is 0.321. The molecule has 0 fully saturated rings.